The molecule has 0 unspecified atom stereocenters. The number of nitriles is 1. The van der Waals surface area contributed by atoms with Gasteiger partial charge in [0.25, 0.3) is 0 Å². The molecule has 2 aromatic rings. The Kier molecular flexibility index (Phi) is 4.95. The van der Waals surface area contributed by atoms with E-state index in [4.69, 9.17) is 0 Å². The van der Waals surface area contributed by atoms with E-state index in [2.05, 4.69) is 15.3 Å². The van der Waals surface area contributed by atoms with Gasteiger partial charge in [0.1, 0.15) is 5.69 Å². The SMILES string of the molecule is CC(C)N1CC(=O)N(C)c2cnc(Nc3cc(C#N)cc(S(C)(=O)=O)c3)nc21. The average Bonchev–Trinajstić information content (AvgIpc) is 2.63. The van der Waals surface area contributed by atoms with E-state index in [0.29, 0.717) is 17.2 Å². The van der Waals surface area contributed by atoms with Crippen LogP contribution in [-0.2, 0) is 14.6 Å². The summed E-state index contributed by atoms with van der Waals surface area (Å²) in [5, 5.41) is 12.1. The number of rotatable bonds is 4. The number of nitrogens with one attached hydrogen (secondary N) is 1. The van der Waals surface area contributed by atoms with Crippen molar-refractivity contribution >= 4 is 38.9 Å². The molecule has 0 saturated carbocycles. The second-order valence-electron chi connectivity index (χ2n) is 6.83. The molecule has 0 spiro atoms. The van der Waals surface area contributed by atoms with Crippen LogP contribution in [0.3, 0.4) is 0 Å². The van der Waals surface area contributed by atoms with Gasteiger partial charge >= 0.3 is 0 Å². The fourth-order valence-corrected chi connectivity index (χ4v) is 3.52. The van der Waals surface area contributed by atoms with Crippen LogP contribution in [0.5, 0.6) is 0 Å². The van der Waals surface area contributed by atoms with Gasteiger partial charge in [0, 0.05) is 25.0 Å². The fraction of sp³-hybridized carbons (Fsp3) is 0.333. The third-order valence-corrected chi connectivity index (χ3v) is 5.50. The number of carbonyl (C=O) groups is 1. The van der Waals surface area contributed by atoms with E-state index in [-0.39, 0.29) is 34.9 Å². The number of aromatic nitrogens is 2. The van der Waals surface area contributed by atoms with E-state index in [9.17, 15) is 18.5 Å². The minimum atomic E-state index is -3.48. The number of fused-ring (bicyclic) bond motifs is 1. The van der Waals surface area contributed by atoms with Crippen LogP contribution in [0.25, 0.3) is 0 Å². The molecule has 146 valence electrons. The first-order valence-electron chi connectivity index (χ1n) is 8.52. The van der Waals surface area contributed by atoms with E-state index in [1.54, 1.807) is 13.2 Å². The second-order valence-corrected chi connectivity index (χ2v) is 8.85. The average molecular weight is 400 g/mol. The van der Waals surface area contributed by atoms with E-state index in [0.717, 1.165) is 6.26 Å². The van der Waals surface area contributed by atoms with Crippen LogP contribution in [0.15, 0.2) is 29.3 Å². The maximum Gasteiger partial charge on any atom is 0.246 e. The summed E-state index contributed by atoms with van der Waals surface area (Å²) in [7, 11) is -1.81. The number of anilines is 4. The number of benzene rings is 1. The Labute approximate surface area is 163 Å². The van der Waals surface area contributed by atoms with Crippen LogP contribution >= 0.6 is 0 Å². The highest BCUT2D eigenvalue weighted by molar-refractivity contribution is 7.90. The Morgan fingerprint density at radius 2 is 2.00 bits per heavy atom. The number of hydrogen-bond acceptors (Lipinski definition) is 8. The van der Waals surface area contributed by atoms with Crippen LogP contribution in [0, 0.1) is 11.3 Å². The van der Waals surface area contributed by atoms with Crippen molar-refractivity contribution in [3.05, 3.63) is 30.0 Å². The molecule has 1 aliphatic heterocycles. The fourth-order valence-electron chi connectivity index (χ4n) is 2.84. The molecule has 1 N–H and O–H groups in total. The van der Waals surface area contributed by atoms with Crippen LogP contribution < -0.4 is 15.1 Å². The lowest BCUT2D eigenvalue weighted by atomic mass is 10.2. The summed E-state index contributed by atoms with van der Waals surface area (Å²) in [6.45, 7) is 4.14. The van der Waals surface area contributed by atoms with Gasteiger partial charge in [0.05, 0.1) is 29.3 Å². The zero-order valence-electron chi connectivity index (χ0n) is 16.0. The molecule has 1 aromatic heterocycles. The zero-order valence-corrected chi connectivity index (χ0v) is 16.8. The van der Waals surface area contributed by atoms with Gasteiger partial charge in [-0.1, -0.05) is 0 Å². The molecular weight excluding hydrogens is 380 g/mol. The van der Waals surface area contributed by atoms with Gasteiger partial charge < -0.3 is 15.1 Å². The number of carbonyl (C=O) groups excluding carboxylic acids is 1. The molecule has 2 heterocycles. The topological polar surface area (TPSA) is 119 Å². The van der Waals surface area contributed by atoms with Gasteiger partial charge in [-0.05, 0) is 32.0 Å². The molecule has 0 saturated heterocycles. The molecule has 9 nitrogen and oxygen atoms in total. The van der Waals surface area contributed by atoms with Gasteiger partial charge in [-0.2, -0.15) is 10.2 Å². The Morgan fingerprint density at radius 3 is 2.61 bits per heavy atom. The van der Waals surface area contributed by atoms with Gasteiger partial charge in [0.15, 0.2) is 15.7 Å². The van der Waals surface area contributed by atoms with E-state index >= 15 is 0 Å². The van der Waals surface area contributed by atoms with Crippen molar-refractivity contribution in [3.63, 3.8) is 0 Å². The van der Waals surface area contributed by atoms with Crippen LogP contribution in [0.4, 0.5) is 23.1 Å². The number of hydrogen-bond donors (Lipinski definition) is 1. The van der Waals surface area contributed by atoms with Gasteiger partial charge in [0.2, 0.25) is 11.9 Å². The first-order valence-corrected chi connectivity index (χ1v) is 10.4. The molecule has 1 aromatic carbocycles. The second kappa shape index (κ2) is 7.09. The summed E-state index contributed by atoms with van der Waals surface area (Å²) >= 11 is 0. The molecule has 0 atom stereocenters. The zero-order chi connectivity index (χ0) is 20.6. The largest absolute Gasteiger partial charge is 0.343 e. The monoisotopic (exact) mass is 400 g/mol. The highest BCUT2D eigenvalue weighted by atomic mass is 32.2. The summed E-state index contributed by atoms with van der Waals surface area (Å²) in [4.78, 5) is 24.3. The molecule has 1 aliphatic rings. The lowest BCUT2D eigenvalue weighted by Crippen LogP contribution is -2.47. The predicted octanol–water partition coefficient (Wildman–Crippen LogP) is 1.69. The normalized spacial score (nSPS) is 14.1. The molecule has 3 rings (SSSR count). The summed E-state index contributed by atoms with van der Waals surface area (Å²) in [6.07, 6.45) is 2.62. The summed E-state index contributed by atoms with van der Waals surface area (Å²) < 4.78 is 23.7. The standard InChI is InChI=1S/C18H20N6O3S/c1-11(2)24-10-16(25)23(3)15-9-20-18(22-17(15)24)21-13-5-12(8-19)6-14(7-13)28(4,26)27/h5-7,9,11H,10H2,1-4H3,(H,20,21,22). The first-order chi connectivity index (χ1) is 13.1. The predicted molar refractivity (Wildman–Crippen MR) is 105 cm³/mol. The van der Waals surface area contributed by atoms with Crippen molar-refractivity contribution in [3.8, 4) is 6.07 Å². The van der Waals surface area contributed by atoms with Crippen molar-refractivity contribution in [2.75, 3.05) is 35.0 Å². The Balaban J connectivity index is 2.02. The lowest BCUT2D eigenvalue weighted by Gasteiger charge is -2.36. The minimum Gasteiger partial charge on any atom is -0.343 e. The van der Waals surface area contributed by atoms with Gasteiger partial charge in [-0.25, -0.2) is 13.4 Å². The number of nitrogens with zero attached hydrogens (tertiary/aromatic N) is 5. The molecule has 10 heteroatoms. The molecule has 0 bridgehead atoms. The van der Waals surface area contributed by atoms with Crippen molar-refractivity contribution in [2.45, 2.75) is 24.8 Å². The molecule has 0 aliphatic carbocycles. The Bertz CT molecular complexity index is 1090. The highest BCUT2D eigenvalue weighted by Crippen LogP contribution is 2.33. The van der Waals surface area contributed by atoms with Crippen molar-refractivity contribution in [1.82, 2.24) is 9.97 Å². The van der Waals surface area contributed by atoms with E-state index in [1.165, 1.54) is 23.1 Å². The summed E-state index contributed by atoms with van der Waals surface area (Å²) in [6, 6.07) is 6.27. The summed E-state index contributed by atoms with van der Waals surface area (Å²) in [5.74, 6) is 0.793. The van der Waals surface area contributed by atoms with Crippen molar-refractivity contribution in [2.24, 2.45) is 0 Å². The first kappa shape index (κ1) is 19.6. The van der Waals surface area contributed by atoms with Crippen molar-refractivity contribution in [1.29, 1.82) is 5.26 Å². The van der Waals surface area contributed by atoms with Gasteiger partial charge in [-0.3, -0.25) is 4.79 Å². The molecule has 0 fully saturated rings. The third-order valence-electron chi connectivity index (χ3n) is 4.41. The Hall–Kier alpha value is -3.19. The molecule has 28 heavy (non-hydrogen) atoms. The minimum absolute atomic E-state index is 0.0288. The number of likely N-dealkylation sites (N-methyl/N-ethyl adjacent to an activating group) is 1. The number of sulfone groups is 1. The number of amides is 1. The molecule has 0 radical (unpaired) electrons. The van der Waals surface area contributed by atoms with Crippen molar-refractivity contribution < 1.29 is 13.2 Å². The third kappa shape index (κ3) is 3.75. The van der Waals surface area contributed by atoms with Crippen LogP contribution in [0.2, 0.25) is 0 Å². The quantitative estimate of drug-likeness (QED) is 0.823. The molecular formula is C18H20N6O3S. The Morgan fingerprint density at radius 1 is 1.29 bits per heavy atom. The van der Waals surface area contributed by atoms with Gasteiger partial charge in [-0.15, -0.1) is 0 Å². The van der Waals surface area contributed by atoms with Crippen LogP contribution in [0.1, 0.15) is 19.4 Å². The maximum absolute atomic E-state index is 12.2. The lowest BCUT2D eigenvalue weighted by molar-refractivity contribution is -0.117. The maximum atomic E-state index is 12.2. The van der Waals surface area contributed by atoms with E-state index < -0.39 is 9.84 Å². The molecule has 1 amide bonds. The summed E-state index contributed by atoms with van der Waals surface area (Å²) in [5.41, 5.74) is 1.19. The van der Waals surface area contributed by atoms with Crippen LogP contribution in [-0.4, -0.2) is 50.2 Å². The highest BCUT2D eigenvalue weighted by Gasteiger charge is 2.30. The van der Waals surface area contributed by atoms with E-state index in [1.807, 2.05) is 24.8 Å². The smallest absolute Gasteiger partial charge is 0.246 e.